The van der Waals surface area contributed by atoms with Crippen molar-refractivity contribution in [3.8, 4) is 0 Å². The average molecular weight is 140 g/mol. The number of rotatable bonds is 1. The van der Waals surface area contributed by atoms with Crippen LogP contribution in [-0.4, -0.2) is 0 Å². The molecule has 1 fully saturated rings. The quantitative estimate of drug-likeness (QED) is 0.524. The lowest BCUT2D eigenvalue weighted by atomic mass is 9.85. The van der Waals surface area contributed by atoms with Crippen molar-refractivity contribution in [3.63, 3.8) is 0 Å². The van der Waals surface area contributed by atoms with Gasteiger partial charge < -0.3 is 0 Å². The Kier molecular flexibility index (Phi) is 2.38. The summed E-state index contributed by atoms with van der Waals surface area (Å²) in [5, 5.41) is 0. The Morgan fingerprint density at radius 1 is 1.10 bits per heavy atom. The first kappa shape index (κ1) is 8.10. The number of hydrogen-bond donors (Lipinski definition) is 0. The molecule has 0 radical (unpaired) electrons. The predicted molar refractivity (Wildman–Crippen MR) is 45.9 cm³/mol. The van der Waals surface area contributed by atoms with Crippen molar-refractivity contribution in [2.45, 2.75) is 40.5 Å². The van der Waals surface area contributed by atoms with Gasteiger partial charge in [-0.05, 0) is 30.1 Å². The maximum absolute atomic E-state index is 2.42. The standard InChI is InChI=1S/C10H20/c1-7(2)10-6-5-8(3)9(10)4/h7-10H,5-6H2,1-4H3/t8-,9-,10+/m0/s1. The minimum absolute atomic E-state index is 0.903. The van der Waals surface area contributed by atoms with Crippen molar-refractivity contribution >= 4 is 0 Å². The topological polar surface area (TPSA) is 0 Å². The molecule has 0 nitrogen and oxygen atoms in total. The molecule has 1 saturated carbocycles. The summed E-state index contributed by atoms with van der Waals surface area (Å²) in [5.41, 5.74) is 0. The van der Waals surface area contributed by atoms with Gasteiger partial charge in [0.2, 0.25) is 0 Å². The zero-order valence-electron chi connectivity index (χ0n) is 7.72. The Balaban J connectivity index is 2.49. The molecule has 0 aromatic heterocycles. The minimum Gasteiger partial charge on any atom is -0.0625 e. The van der Waals surface area contributed by atoms with E-state index in [1.54, 1.807) is 0 Å². The molecule has 1 rings (SSSR count). The smallest absolute Gasteiger partial charge is 0.0363 e. The summed E-state index contributed by atoms with van der Waals surface area (Å²) in [4.78, 5) is 0. The normalized spacial score (nSPS) is 41.1. The Hall–Kier alpha value is 0. The van der Waals surface area contributed by atoms with E-state index in [1.807, 2.05) is 0 Å². The molecule has 0 heteroatoms. The summed E-state index contributed by atoms with van der Waals surface area (Å²) in [7, 11) is 0. The lowest BCUT2D eigenvalue weighted by Crippen LogP contribution is -2.14. The molecule has 0 unspecified atom stereocenters. The van der Waals surface area contributed by atoms with Crippen molar-refractivity contribution in [1.82, 2.24) is 0 Å². The van der Waals surface area contributed by atoms with Gasteiger partial charge in [-0.2, -0.15) is 0 Å². The molecule has 10 heavy (non-hydrogen) atoms. The van der Waals surface area contributed by atoms with Crippen molar-refractivity contribution in [2.24, 2.45) is 23.7 Å². The molecule has 0 spiro atoms. The lowest BCUT2D eigenvalue weighted by molar-refractivity contribution is 0.282. The summed E-state index contributed by atoms with van der Waals surface area (Å²) in [6.07, 6.45) is 2.93. The first-order chi connectivity index (χ1) is 4.63. The minimum atomic E-state index is 0.903. The molecule has 3 atom stereocenters. The van der Waals surface area contributed by atoms with Gasteiger partial charge in [0.05, 0.1) is 0 Å². The molecule has 0 aromatic carbocycles. The van der Waals surface area contributed by atoms with E-state index in [2.05, 4.69) is 27.7 Å². The predicted octanol–water partition coefficient (Wildman–Crippen LogP) is 3.32. The molecule has 1 aliphatic rings. The molecule has 0 saturated heterocycles. The van der Waals surface area contributed by atoms with Gasteiger partial charge in [0.15, 0.2) is 0 Å². The second-order valence-corrected chi connectivity index (χ2v) is 4.32. The van der Waals surface area contributed by atoms with Crippen LogP contribution in [0.3, 0.4) is 0 Å². The van der Waals surface area contributed by atoms with Gasteiger partial charge in [0, 0.05) is 0 Å². The van der Waals surface area contributed by atoms with E-state index in [9.17, 15) is 0 Å². The maximum Gasteiger partial charge on any atom is -0.0363 e. The van der Waals surface area contributed by atoms with Crippen molar-refractivity contribution in [3.05, 3.63) is 0 Å². The second-order valence-electron chi connectivity index (χ2n) is 4.32. The highest BCUT2D eigenvalue weighted by molar-refractivity contribution is 4.81. The first-order valence-electron chi connectivity index (χ1n) is 4.63. The van der Waals surface area contributed by atoms with Crippen LogP contribution in [0, 0.1) is 23.7 Å². The van der Waals surface area contributed by atoms with Gasteiger partial charge in [-0.1, -0.05) is 34.1 Å². The fraction of sp³-hybridized carbons (Fsp3) is 1.00. The first-order valence-corrected chi connectivity index (χ1v) is 4.63. The van der Waals surface area contributed by atoms with Crippen LogP contribution < -0.4 is 0 Å². The van der Waals surface area contributed by atoms with Crippen LogP contribution in [0.25, 0.3) is 0 Å². The van der Waals surface area contributed by atoms with E-state index in [0.29, 0.717) is 0 Å². The van der Waals surface area contributed by atoms with Crippen LogP contribution >= 0.6 is 0 Å². The van der Waals surface area contributed by atoms with E-state index in [4.69, 9.17) is 0 Å². The molecule has 1 aliphatic carbocycles. The Morgan fingerprint density at radius 2 is 1.70 bits per heavy atom. The SMILES string of the molecule is CC(C)[C@H]1CC[C@H](C)[C@@H]1C. The van der Waals surface area contributed by atoms with Crippen molar-refractivity contribution in [1.29, 1.82) is 0 Å². The Labute approximate surface area is 65.0 Å². The summed E-state index contributed by atoms with van der Waals surface area (Å²) < 4.78 is 0. The lowest BCUT2D eigenvalue weighted by Gasteiger charge is -2.21. The van der Waals surface area contributed by atoms with E-state index < -0.39 is 0 Å². The zero-order valence-corrected chi connectivity index (χ0v) is 7.72. The highest BCUT2D eigenvalue weighted by Crippen LogP contribution is 2.40. The van der Waals surface area contributed by atoms with Gasteiger partial charge in [-0.15, -0.1) is 0 Å². The largest absolute Gasteiger partial charge is 0.0625 e. The van der Waals surface area contributed by atoms with Crippen molar-refractivity contribution in [2.75, 3.05) is 0 Å². The van der Waals surface area contributed by atoms with Crippen LogP contribution in [0.4, 0.5) is 0 Å². The molecule has 0 aliphatic heterocycles. The molecule has 0 heterocycles. The van der Waals surface area contributed by atoms with Gasteiger partial charge in [0.1, 0.15) is 0 Å². The molecular weight excluding hydrogens is 120 g/mol. The third-order valence-corrected chi connectivity index (χ3v) is 3.38. The number of hydrogen-bond acceptors (Lipinski definition) is 0. The zero-order chi connectivity index (χ0) is 7.72. The monoisotopic (exact) mass is 140 g/mol. The third-order valence-electron chi connectivity index (χ3n) is 3.38. The Morgan fingerprint density at radius 3 is 1.90 bits per heavy atom. The fourth-order valence-electron chi connectivity index (χ4n) is 2.34. The Bertz CT molecular complexity index is 105. The van der Waals surface area contributed by atoms with E-state index in [0.717, 1.165) is 23.7 Å². The summed E-state index contributed by atoms with van der Waals surface area (Å²) in [5.74, 6) is 3.86. The molecule has 60 valence electrons. The molecular formula is C10H20. The van der Waals surface area contributed by atoms with E-state index in [-0.39, 0.29) is 0 Å². The van der Waals surface area contributed by atoms with E-state index in [1.165, 1.54) is 12.8 Å². The highest BCUT2D eigenvalue weighted by atomic mass is 14.4. The van der Waals surface area contributed by atoms with Gasteiger partial charge >= 0.3 is 0 Å². The van der Waals surface area contributed by atoms with E-state index >= 15 is 0 Å². The van der Waals surface area contributed by atoms with Crippen LogP contribution in [0.15, 0.2) is 0 Å². The second kappa shape index (κ2) is 2.94. The van der Waals surface area contributed by atoms with Crippen LogP contribution in [0.1, 0.15) is 40.5 Å². The van der Waals surface area contributed by atoms with Gasteiger partial charge in [-0.3, -0.25) is 0 Å². The third kappa shape index (κ3) is 1.36. The maximum atomic E-state index is 2.42. The van der Waals surface area contributed by atoms with Gasteiger partial charge in [-0.25, -0.2) is 0 Å². The van der Waals surface area contributed by atoms with Crippen LogP contribution in [0.2, 0.25) is 0 Å². The molecule has 0 bridgehead atoms. The average Bonchev–Trinajstić information content (AvgIpc) is 2.14. The highest BCUT2D eigenvalue weighted by Gasteiger charge is 2.31. The van der Waals surface area contributed by atoms with Crippen LogP contribution in [0.5, 0.6) is 0 Å². The molecule has 0 aromatic rings. The van der Waals surface area contributed by atoms with Gasteiger partial charge in [0.25, 0.3) is 0 Å². The molecule has 0 N–H and O–H groups in total. The van der Waals surface area contributed by atoms with Crippen molar-refractivity contribution < 1.29 is 0 Å². The van der Waals surface area contributed by atoms with Crippen LogP contribution in [-0.2, 0) is 0 Å². The molecule has 0 amide bonds. The summed E-state index contributed by atoms with van der Waals surface area (Å²) in [6, 6.07) is 0. The summed E-state index contributed by atoms with van der Waals surface area (Å²) >= 11 is 0. The summed E-state index contributed by atoms with van der Waals surface area (Å²) in [6.45, 7) is 9.54. The fourth-order valence-corrected chi connectivity index (χ4v) is 2.34.